The molecule has 0 spiro atoms. The van der Waals surface area contributed by atoms with Crippen LogP contribution < -0.4 is 10.2 Å². The Morgan fingerprint density at radius 3 is 2.49 bits per heavy atom. The van der Waals surface area contributed by atoms with Gasteiger partial charge in [0, 0.05) is 22.6 Å². The van der Waals surface area contributed by atoms with Crippen LogP contribution in [0.3, 0.4) is 0 Å². The second-order valence-corrected chi connectivity index (χ2v) is 9.47. The molecule has 1 aliphatic carbocycles. The van der Waals surface area contributed by atoms with Crippen LogP contribution in [-0.2, 0) is 15.0 Å². The van der Waals surface area contributed by atoms with Gasteiger partial charge < -0.3 is 9.84 Å². The Morgan fingerprint density at radius 2 is 1.84 bits per heavy atom. The molecule has 37 heavy (non-hydrogen) atoms. The average Bonchev–Trinajstić information content (AvgIpc) is 3.12. The second kappa shape index (κ2) is 9.41. The van der Waals surface area contributed by atoms with Crippen molar-refractivity contribution in [3.05, 3.63) is 113 Å². The summed E-state index contributed by atoms with van der Waals surface area (Å²) in [6, 6.07) is 17.0. The van der Waals surface area contributed by atoms with E-state index >= 15 is 0 Å². The first-order valence-corrected chi connectivity index (χ1v) is 12.0. The van der Waals surface area contributed by atoms with Gasteiger partial charge in [-0.25, -0.2) is 4.39 Å². The number of amides is 2. The summed E-state index contributed by atoms with van der Waals surface area (Å²) < 4.78 is 19.1. The number of carbonyl (C=O) groups is 2. The molecule has 1 heterocycles. The standard InChI is InChI=1S/C29H24ClFN2O4/c1-3-17-4-15-24-27(35)33(32-21-11-9-20(31)10-12-21)28(36)29(24,18-5-7-19(30)8-6-18)26(17)23-14-13-22(34)16-25(23)37-2/h3-14,16,24,26,32,34H,1,15H2,2H3/t24-,26+,29+/m0/s1. The quantitative estimate of drug-likeness (QED) is 0.407. The van der Waals surface area contributed by atoms with Crippen LogP contribution in [0, 0.1) is 11.7 Å². The monoisotopic (exact) mass is 518 g/mol. The maximum Gasteiger partial charge on any atom is 0.260 e. The summed E-state index contributed by atoms with van der Waals surface area (Å²) in [4.78, 5) is 28.4. The number of carbonyl (C=O) groups excluding carboxylic acids is 2. The van der Waals surface area contributed by atoms with Crippen molar-refractivity contribution in [2.45, 2.75) is 17.8 Å². The predicted molar refractivity (Wildman–Crippen MR) is 139 cm³/mol. The van der Waals surface area contributed by atoms with Gasteiger partial charge in [-0.15, -0.1) is 0 Å². The van der Waals surface area contributed by atoms with E-state index in [9.17, 15) is 19.1 Å². The molecular weight excluding hydrogens is 495 g/mol. The fourth-order valence-corrected chi connectivity index (χ4v) is 5.70. The summed E-state index contributed by atoms with van der Waals surface area (Å²) in [5, 5.41) is 11.6. The largest absolute Gasteiger partial charge is 0.508 e. The molecule has 2 N–H and O–H groups in total. The molecule has 3 aromatic carbocycles. The molecule has 3 atom stereocenters. The van der Waals surface area contributed by atoms with Gasteiger partial charge >= 0.3 is 0 Å². The van der Waals surface area contributed by atoms with Gasteiger partial charge in [0.2, 0.25) is 0 Å². The number of ether oxygens (including phenoxy) is 1. The number of hydrazine groups is 1. The summed E-state index contributed by atoms with van der Waals surface area (Å²) in [6.07, 6.45) is 3.89. The molecule has 1 saturated heterocycles. The minimum absolute atomic E-state index is 0.00561. The van der Waals surface area contributed by atoms with Crippen LogP contribution >= 0.6 is 11.6 Å². The van der Waals surface area contributed by atoms with E-state index in [1.807, 2.05) is 6.08 Å². The van der Waals surface area contributed by atoms with Gasteiger partial charge in [0.1, 0.15) is 17.3 Å². The molecule has 0 radical (unpaired) electrons. The number of allylic oxidation sites excluding steroid dienone is 3. The Bertz CT molecular complexity index is 1420. The molecule has 8 heteroatoms. The third kappa shape index (κ3) is 3.86. The molecule has 0 bridgehead atoms. The SMILES string of the molecule is C=CC1=CC[C@H]2C(=O)N(Nc3ccc(F)cc3)C(=O)[C@@]2(c2ccc(Cl)cc2)[C@H]1c1ccc(O)cc1OC. The van der Waals surface area contributed by atoms with Crippen LogP contribution in [0.5, 0.6) is 11.5 Å². The van der Waals surface area contributed by atoms with Crippen molar-refractivity contribution in [3.8, 4) is 11.5 Å². The summed E-state index contributed by atoms with van der Waals surface area (Å²) in [5.41, 5.74) is 3.89. The predicted octanol–water partition coefficient (Wildman–Crippen LogP) is 5.74. The summed E-state index contributed by atoms with van der Waals surface area (Å²) >= 11 is 6.20. The molecule has 1 aliphatic heterocycles. The van der Waals surface area contributed by atoms with Gasteiger partial charge in [0.15, 0.2) is 0 Å². The highest BCUT2D eigenvalue weighted by Gasteiger charge is 2.66. The molecule has 5 rings (SSSR count). The van der Waals surface area contributed by atoms with Gasteiger partial charge in [-0.05, 0) is 60.0 Å². The number of hydrogen-bond acceptors (Lipinski definition) is 5. The number of aromatic hydroxyl groups is 1. The molecule has 3 aromatic rings. The van der Waals surface area contributed by atoms with Crippen LogP contribution in [0.2, 0.25) is 5.02 Å². The third-order valence-corrected chi connectivity index (χ3v) is 7.43. The number of hydrogen-bond donors (Lipinski definition) is 2. The zero-order valence-electron chi connectivity index (χ0n) is 19.9. The number of methoxy groups -OCH3 is 1. The van der Waals surface area contributed by atoms with Gasteiger partial charge in [0.25, 0.3) is 11.8 Å². The van der Waals surface area contributed by atoms with Crippen molar-refractivity contribution in [3.63, 3.8) is 0 Å². The second-order valence-electron chi connectivity index (χ2n) is 9.03. The number of fused-ring (bicyclic) bond motifs is 1. The first-order valence-electron chi connectivity index (χ1n) is 11.7. The first-order chi connectivity index (χ1) is 17.8. The van der Waals surface area contributed by atoms with Crippen LogP contribution in [0.1, 0.15) is 23.5 Å². The van der Waals surface area contributed by atoms with Crippen LogP contribution in [-0.4, -0.2) is 29.0 Å². The number of imide groups is 1. The molecule has 2 amide bonds. The Balaban J connectivity index is 1.75. The molecule has 2 aliphatic rings. The number of rotatable bonds is 6. The number of anilines is 1. The Hall–Kier alpha value is -4.10. The molecule has 1 fully saturated rings. The zero-order valence-corrected chi connectivity index (χ0v) is 20.7. The van der Waals surface area contributed by atoms with E-state index in [0.29, 0.717) is 34.0 Å². The van der Waals surface area contributed by atoms with Crippen LogP contribution in [0.25, 0.3) is 0 Å². The average molecular weight is 519 g/mol. The molecule has 6 nitrogen and oxygen atoms in total. The van der Waals surface area contributed by atoms with E-state index in [1.165, 1.54) is 43.5 Å². The van der Waals surface area contributed by atoms with Crippen molar-refractivity contribution in [1.82, 2.24) is 5.01 Å². The topological polar surface area (TPSA) is 78.9 Å². The fraction of sp³-hybridized carbons (Fsp3) is 0.172. The highest BCUT2D eigenvalue weighted by molar-refractivity contribution is 6.30. The van der Waals surface area contributed by atoms with E-state index in [-0.39, 0.29) is 5.75 Å². The van der Waals surface area contributed by atoms with Crippen molar-refractivity contribution >= 4 is 29.1 Å². The van der Waals surface area contributed by atoms with E-state index in [2.05, 4.69) is 12.0 Å². The maximum absolute atomic E-state index is 14.5. The lowest BCUT2D eigenvalue weighted by molar-refractivity contribution is -0.138. The maximum atomic E-state index is 14.5. The molecule has 0 aromatic heterocycles. The highest BCUT2D eigenvalue weighted by Crippen LogP contribution is 2.59. The number of phenols is 1. The lowest BCUT2D eigenvalue weighted by Gasteiger charge is -2.43. The smallest absolute Gasteiger partial charge is 0.260 e. The lowest BCUT2D eigenvalue weighted by Crippen LogP contribution is -2.48. The number of phenolic OH excluding ortho intramolecular Hbond substituents is 1. The molecule has 0 unspecified atom stereocenters. The number of benzene rings is 3. The van der Waals surface area contributed by atoms with Crippen LogP contribution in [0.4, 0.5) is 10.1 Å². The Labute approximate surface area is 218 Å². The minimum atomic E-state index is -1.38. The Morgan fingerprint density at radius 1 is 1.14 bits per heavy atom. The molecule has 0 saturated carbocycles. The van der Waals surface area contributed by atoms with E-state index in [1.54, 1.807) is 36.4 Å². The van der Waals surface area contributed by atoms with Crippen molar-refractivity contribution in [1.29, 1.82) is 0 Å². The normalized spacial score (nSPS) is 22.9. The fourth-order valence-electron chi connectivity index (χ4n) is 5.57. The van der Waals surface area contributed by atoms with Gasteiger partial charge in [-0.1, -0.05) is 48.5 Å². The zero-order chi connectivity index (χ0) is 26.3. The number of nitrogens with one attached hydrogen (secondary N) is 1. The minimum Gasteiger partial charge on any atom is -0.508 e. The number of halogens is 2. The van der Waals surface area contributed by atoms with E-state index in [4.69, 9.17) is 16.3 Å². The molecule has 188 valence electrons. The van der Waals surface area contributed by atoms with E-state index in [0.717, 1.165) is 10.6 Å². The summed E-state index contributed by atoms with van der Waals surface area (Å²) in [5.74, 6) is -2.37. The van der Waals surface area contributed by atoms with Gasteiger partial charge in [-0.3, -0.25) is 15.0 Å². The summed E-state index contributed by atoms with van der Waals surface area (Å²) in [7, 11) is 1.48. The summed E-state index contributed by atoms with van der Waals surface area (Å²) in [6.45, 7) is 3.98. The highest BCUT2D eigenvalue weighted by atomic mass is 35.5. The van der Waals surface area contributed by atoms with Crippen molar-refractivity contribution in [2.24, 2.45) is 5.92 Å². The molecular formula is C29H24ClFN2O4. The third-order valence-electron chi connectivity index (χ3n) is 7.17. The van der Waals surface area contributed by atoms with Crippen molar-refractivity contribution in [2.75, 3.05) is 12.5 Å². The van der Waals surface area contributed by atoms with E-state index < -0.39 is 34.9 Å². The van der Waals surface area contributed by atoms with Crippen LogP contribution in [0.15, 0.2) is 91.0 Å². The Kier molecular flexibility index (Phi) is 6.25. The lowest BCUT2D eigenvalue weighted by atomic mass is 9.56. The van der Waals surface area contributed by atoms with Gasteiger partial charge in [-0.2, -0.15) is 5.01 Å². The number of nitrogens with zero attached hydrogens (tertiary/aromatic N) is 1. The first kappa shape index (κ1) is 24.6. The van der Waals surface area contributed by atoms with Gasteiger partial charge in [0.05, 0.1) is 24.1 Å². The van der Waals surface area contributed by atoms with Crippen molar-refractivity contribution < 1.29 is 23.8 Å².